The molecule has 0 radical (unpaired) electrons. The summed E-state index contributed by atoms with van der Waals surface area (Å²) in [5, 5.41) is 3.78. The van der Waals surface area contributed by atoms with Gasteiger partial charge in [0, 0.05) is 37.0 Å². The van der Waals surface area contributed by atoms with Crippen LogP contribution in [0.3, 0.4) is 0 Å². The van der Waals surface area contributed by atoms with Crippen molar-refractivity contribution in [3.8, 4) is 0 Å². The fraction of sp³-hybridized carbons (Fsp3) is 1.00. The first-order chi connectivity index (χ1) is 8.30. The highest BCUT2D eigenvalue weighted by Gasteiger charge is 2.38. The normalized spacial score (nSPS) is 32.6. The standard InChI is InChI=1S/C14H28N2S/c1-4-12-8-15-14(11-6-7-11)9-16(12)13(5-2)10-17-3/h11-15H,4-10H2,1-3H3. The third kappa shape index (κ3) is 3.39. The lowest BCUT2D eigenvalue weighted by atomic mass is 10.0. The molecule has 1 heterocycles. The summed E-state index contributed by atoms with van der Waals surface area (Å²) in [6, 6.07) is 2.34. The van der Waals surface area contributed by atoms with Crippen molar-refractivity contribution in [2.24, 2.45) is 5.92 Å². The molecule has 3 unspecified atom stereocenters. The smallest absolute Gasteiger partial charge is 0.0224 e. The van der Waals surface area contributed by atoms with Crippen LogP contribution in [0.25, 0.3) is 0 Å². The maximum atomic E-state index is 3.78. The Morgan fingerprint density at radius 3 is 2.65 bits per heavy atom. The first-order valence-corrected chi connectivity index (χ1v) is 8.67. The summed E-state index contributed by atoms with van der Waals surface area (Å²) in [4.78, 5) is 2.82. The van der Waals surface area contributed by atoms with Crippen molar-refractivity contribution >= 4 is 11.8 Å². The maximum absolute atomic E-state index is 3.78. The molecule has 2 aliphatic rings. The number of piperazine rings is 1. The molecule has 3 atom stereocenters. The van der Waals surface area contributed by atoms with E-state index in [2.05, 4.69) is 30.3 Å². The van der Waals surface area contributed by atoms with Crippen LogP contribution in [-0.2, 0) is 0 Å². The summed E-state index contributed by atoms with van der Waals surface area (Å²) in [6.07, 6.45) is 7.75. The molecule has 1 aliphatic heterocycles. The largest absolute Gasteiger partial charge is 0.311 e. The van der Waals surface area contributed by atoms with E-state index in [4.69, 9.17) is 0 Å². The monoisotopic (exact) mass is 256 g/mol. The Morgan fingerprint density at radius 2 is 2.12 bits per heavy atom. The first kappa shape index (κ1) is 13.7. The van der Waals surface area contributed by atoms with Gasteiger partial charge in [-0.3, -0.25) is 4.90 Å². The molecule has 100 valence electrons. The van der Waals surface area contributed by atoms with E-state index in [1.165, 1.54) is 44.5 Å². The number of nitrogens with one attached hydrogen (secondary N) is 1. The summed E-state index contributed by atoms with van der Waals surface area (Å²) < 4.78 is 0. The van der Waals surface area contributed by atoms with Gasteiger partial charge in [0.15, 0.2) is 0 Å². The summed E-state index contributed by atoms with van der Waals surface area (Å²) in [7, 11) is 0. The van der Waals surface area contributed by atoms with Gasteiger partial charge < -0.3 is 5.32 Å². The van der Waals surface area contributed by atoms with Crippen LogP contribution in [0.5, 0.6) is 0 Å². The fourth-order valence-electron chi connectivity index (χ4n) is 3.13. The van der Waals surface area contributed by atoms with Crippen LogP contribution in [0.1, 0.15) is 39.5 Å². The van der Waals surface area contributed by atoms with Crippen LogP contribution in [0.15, 0.2) is 0 Å². The maximum Gasteiger partial charge on any atom is 0.0224 e. The molecule has 2 nitrogen and oxygen atoms in total. The zero-order chi connectivity index (χ0) is 12.3. The minimum atomic E-state index is 0.766. The second-order valence-electron chi connectivity index (χ2n) is 5.63. The number of thioether (sulfide) groups is 1. The summed E-state index contributed by atoms with van der Waals surface area (Å²) in [5.74, 6) is 2.28. The summed E-state index contributed by atoms with van der Waals surface area (Å²) in [5.41, 5.74) is 0. The molecule has 3 heteroatoms. The number of hydrogen-bond acceptors (Lipinski definition) is 3. The van der Waals surface area contributed by atoms with Crippen molar-refractivity contribution in [2.75, 3.05) is 25.1 Å². The Morgan fingerprint density at radius 1 is 1.35 bits per heavy atom. The van der Waals surface area contributed by atoms with E-state index < -0.39 is 0 Å². The van der Waals surface area contributed by atoms with Gasteiger partial charge in [-0.2, -0.15) is 11.8 Å². The van der Waals surface area contributed by atoms with Crippen LogP contribution < -0.4 is 5.32 Å². The molecule has 17 heavy (non-hydrogen) atoms. The van der Waals surface area contributed by atoms with Gasteiger partial charge in [0.05, 0.1) is 0 Å². The zero-order valence-electron chi connectivity index (χ0n) is 11.6. The second kappa shape index (κ2) is 6.44. The van der Waals surface area contributed by atoms with E-state index in [1.807, 2.05) is 11.8 Å². The number of rotatable bonds is 6. The highest BCUT2D eigenvalue weighted by atomic mass is 32.2. The van der Waals surface area contributed by atoms with Crippen molar-refractivity contribution < 1.29 is 0 Å². The molecule has 0 aromatic heterocycles. The van der Waals surface area contributed by atoms with Crippen LogP contribution >= 0.6 is 11.8 Å². The molecule has 0 aromatic rings. The Hall–Kier alpha value is 0.270. The molecule has 0 aromatic carbocycles. The van der Waals surface area contributed by atoms with Gasteiger partial charge in [-0.05, 0) is 37.9 Å². The Kier molecular flexibility index (Phi) is 5.19. The second-order valence-corrected chi connectivity index (χ2v) is 6.54. The van der Waals surface area contributed by atoms with E-state index in [1.54, 1.807) is 0 Å². The molecule has 2 fully saturated rings. The topological polar surface area (TPSA) is 15.3 Å². The zero-order valence-corrected chi connectivity index (χ0v) is 12.4. The lowest BCUT2D eigenvalue weighted by Gasteiger charge is -2.44. The van der Waals surface area contributed by atoms with E-state index in [0.717, 1.165) is 24.0 Å². The van der Waals surface area contributed by atoms with E-state index in [9.17, 15) is 0 Å². The van der Waals surface area contributed by atoms with Gasteiger partial charge in [-0.15, -0.1) is 0 Å². The fourth-order valence-corrected chi connectivity index (χ4v) is 3.94. The van der Waals surface area contributed by atoms with Crippen molar-refractivity contribution in [3.63, 3.8) is 0 Å². The van der Waals surface area contributed by atoms with E-state index in [0.29, 0.717) is 0 Å². The van der Waals surface area contributed by atoms with Crippen molar-refractivity contribution in [2.45, 2.75) is 57.7 Å². The minimum Gasteiger partial charge on any atom is -0.311 e. The van der Waals surface area contributed by atoms with Crippen molar-refractivity contribution in [1.82, 2.24) is 10.2 Å². The van der Waals surface area contributed by atoms with E-state index >= 15 is 0 Å². The molecule has 0 bridgehead atoms. The average Bonchev–Trinajstić information content (AvgIpc) is 3.19. The first-order valence-electron chi connectivity index (χ1n) is 7.28. The SMILES string of the molecule is CCC1CNC(C2CC2)CN1C(CC)CSC. The van der Waals surface area contributed by atoms with Crippen LogP contribution in [0, 0.1) is 5.92 Å². The highest BCUT2D eigenvalue weighted by Crippen LogP contribution is 2.35. The third-order valence-corrected chi connectivity index (χ3v) is 5.17. The molecule has 1 saturated carbocycles. The number of nitrogens with zero attached hydrogens (tertiary/aromatic N) is 1. The van der Waals surface area contributed by atoms with Crippen molar-refractivity contribution in [1.29, 1.82) is 0 Å². The molecule has 0 amide bonds. The van der Waals surface area contributed by atoms with Gasteiger partial charge in [0.25, 0.3) is 0 Å². The lowest BCUT2D eigenvalue weighted by molar-refractivity contribution is 0.0808. The summed E-state index contributed by atoms with van der Waals surface area (Å²) in [6.45, 7) is 7.19. The molecule has 2 rings (SSSR count). The van der Waals surface area contributed by atoms with Gasteiger partial charge in [0.2, 0.25) is 0 Å². The van der Waals surface area contributed by atoms with Crippen LogP contribution in [0.2, 0.25) is 0 Å². The highest BCUT2D eigenvalue weighted by molar-refractivity contribution is 7.98. The minimum absolute atomic E-state index is 0.766. The van der Waals surface area contributed by atoms with Crippen LogP contribution in [0.4, 0.5) is 0 Å². The number of hydrogen-bond donors (Lipinski definition) is 1. The average molecular weight is 256 g/mol. The predicted octanol–water partition coefficient (Wildman–Crippen LogP) is 2.59. The molecular weight excluding hydrogens is 228 g/mol. The van der Waals surface area contributed by atoms with Gasteiger partial charge in [-0.25, -0.2) is 0 Å². The predicted molar refractivity (Wildman–Crippen MR) is 77.8 cm³/mol. The van der Waals surface area contributed by atoms with Crippen molar-refractivity contribution in [3.05, 3.63) is 0 Å². The molecule has 0 spiro atoms. The summed E-state index contributed by atoms with van der Waals surface area (Å²) >= 11 is 2.00. The third-order valence-electron chi connectivity index (χ3n) is 4.45. The quantitative estimate of drug-likeness (QED) is 0.786. The van der Waals surface area contributed by atoms with Gasteiger partial charge in [-0.1, -0.05) is 13.8 Å². The molecule has 1 saturated heterocycles. The Labute approximate surface area is 111 Å². The Balaban J connectivity index is 1.96. The van der Waals surface area contributed by atoms with Crippen LogP contribution in [-0.4, -0.2) is 48.1 Å². The van der Waals surface area contributed by atoms with E-state index in [-0.39, 0.29) is 0 Å². The molecule has 1 aliphatic carbocycles. The van der Waals surface area contributed by atoms with Gasteiger partial charge in [0.1, 0.15) is 0 Å². The molecule has 1 N–H and O–H groups in total. The lowest BCUT2D eigenvalue weighted by Crippen LogP contribution is -2.60. The Bertz CT molecular complexity index is 230. The molecular formula is C14H28N2S. The van der Waals surface area contributed by atoms with Gasteiger partial charge >= 0.3 is 0 Å².